The van der Waals surface area contributed by atoms with E-state index in [0.29, 0.717) is 6.04 Å². The quantitative estimate of drug-likeness (QED) is 0.772. The normalized spacial score (nSPS) is 11.5. The summed E-state index contributed by atoms with van der Waals surface area (Å²) in [4.78, 5) is 0. The minimum absolute atomic E-state index is 0.464. The smallest absolute Gasteiger partial charge is 0.0247 e. The molecule has 108 valence electrons. The average molecular weight is 277 g/mol. The van der Waals surface area contributed by atoms with Gasteiger partial charge < -0.3 is 5.32 Å². The first kappa shape index (κ1) is 15.4. The Morgan fingerprint density at radius 2 is 1.62 bits per heavy atom. The molecule has 0 aliphatic rings. The first-order chi connectivity index (χ1) is 10.4. The van der Waals surface area contributed by atoms with Crippen molar-refractivity contribution < 1.29 is 0 Å². The third-order valence-electron chi connectivity index (χ3n) is 3.43. The van der Waals surface area contributed by atoms with Gasteiger partial charge in [-0.1, -0.05) is 73.7 Å². The Kier molecular flexibility index (Phi) is 6.58. The summed E-state index contributed by atoms with van der Waals surface area (Å²) in [5.41, 5.74) is 2.42. The molecule has 1 atom stereocenters. The molecular weight excluding hydrogens is 254 g/mol. The predicted molar refractivity (Wildman–Crippen MR) is 89.9 cm³/mol. The zero-order chi connectivity index (χ0) is 14.8. The van der Waals surface area contributed by atoms with E-state index in [1.54, 1.807) is 0 Å². The molecule has 0 aliphatic carbocycles. The van der Waals surface area contributed by atoms with E-state index in [2.05, 4.69) is 66.5 Å². The monoisotopic (exact) mass is 277 g/mol. The summed E-state index contributed by atoms with van der Waals surface area (Å²) >= 11 is 0. The molecule has 0 heterocycles. The highest BCUT2D eigenvalue weighted by Gasteiger charge is 2.05. The minimum Gasteiger partial charge on any atom is -0.309 e. The largest absolute Gasteiger partial charge is 0.309 e. The average Bonchev–Trinajstić information content (AvgIpc) is 2.54. The highest BCUT2D eigenvalue weighted by Crippen LogP contribution is 2.05. The second kappa shape index (κ2) is 9.00. The Morgan fingerprint density at radius 1 is 0.952 bits per heavy atom. The van der Waals surface area contributed by atoms with Crippen molar-refractivity contribution >= 4 is 0 Å². The Bertz CT molecular complexity index is 563. The van der Waals surface area contributed by atoms with Crippen LogP contribution in [0.25, 0.3) is 0 Å². The van der Waals surface area contributed by atoms with Gasteiger partial charge in [0, 0.05) is 24.6 Å². The summed E-state index contributed by atoms with van der Waals surface area (Å²) in [6.45, 7) is 3.14. The molecule has 0 unspecified atom stereocenters. The fourth-order valence-electron chi connectivity index (χ4n) is 2.28. The number of nitrogens with one attached hydrogen (secondary N) is 1. The maximum absolute atomic E-state index is 3.62. The summed E-state index contributed by atoms with van der Waals surface area (Å²) < 4.78 is 0. The molecule has 0 saturated heterocycles. The molecule has 0 bridgehead atoms. The van der Waals surface area contributed by atoms with Crippen molar-refractivity contribution in [2.75, 3.05) is 0 Å². The van der Waals surface area contributed by atoms with E-state index in [1.807, 2.05) is 18.2 Å². The van der Waals surface area contributed by atoms with Crippen LogP contribution in [0.15, 0.2) is 60.7 Å². The van der Waals surface area contributed by atoms with Gasteiger partial charge in [-0.2, -0.15) is 0 Å². The van der Waals surface area contributed by atoms with Gasteiger partial charge in [-0.05, 0) is 24.1 Å². The van der Waals surface area contributed by atoms with Crippen molar-refractivity contribution in [3.8, 4) is 11.8 Å². The summed E-state index contributed by atoms with van der Waals surface area (Å²) in [5, 5.41) is 3.62. The van der Waals surface area contributed by atoms with Gasteiger partial charge in [0.2, 0.25) is 0 Å². The number of rotatable bonds is 6. The fraction of sp³-hybridized carbons (Fsp3) is 0.300. The van der Waals surface area contributed by atoms with Gasteiger partial charge in [0.25, 0.3) is 0 Å². The van der Waals surface area contributed by atoms with Gasteiger partial charge in [0.1, 0.15) is 0 Å². The van der Waals surface area contributed by atoms with Gasteiger partial charge in [0.05, 0.1) is 0 Å². The summed E-state index contributed by atoms with van der Waals surface area (Å²) in [5.74, 6) is 6.55. The van der Waals surface area contributed by atoms with Gasteiger partial charge in [0.15, 0.2) is 0 Å². The standard InChI is InChI=1S/C20H23N/c1-2-10-20(21-17-19-13-7-4-8-14-19)16-9-15-18-11-5-3-6-12-18/h3-8,11-14,20-21H,2,10,16-17H2,1H3/t20-/m0/s1. The van der Waals surface area contributed by atoms with Crippen LogP contribution < -0.4 is 5.32 Å². The van der Waals surface area contributed by atoms with E-state index in [-0.39, 0.29) is 0 Å². The lowest BCUT2D eigenvalue weighted by atomic mass is 10.1. The molecule has 0 aliphatic heterocycles. The zero-order valence-electron chi connectivity index (χ0n) is 12.7. The second-order valence-electron chi connectivity index (χ2n) is 5.22. The Balaban J connectivity index is 1.86. The van der Waals surface area contributed by atoms with E-state index < -0.39 is 0 Å². The van der Waals surface area contributed by atoms with Crippen LogP contribution in [-0.2, 0) is 6.54 Å². The topological polar surface area (TPSA) is 12.0 Å². The van der Waals surface area contributed by atoms with Crippen molar-refractivity contribution in [1.82, 2.24) is 5.32 Å². The molecule has 2 rings (SSSR count). The highest BCUT2D eigenvalue weighted by molar-refractivity contribution is 5.33. The molecule has 21 heavy (non-hydrogen) atoms. The van der Waals surface area contributed by atoms with Crippen molar-refractivity contribution in [2.24, 2.45) is 0 Å². The van der Waals surface area contributed by atoms with E-state index >= 15 is 0 Å². The molecule has 2 aromatic rings. The van der Waals surface area contributed by atoms with Crippen LogP contribution in [0.3, 0.4) is 0 Å². The molecule has 0 radical (unpaired) electrons. The van der Waals surface area contributed by atoms with Crippen LogP contribution in [0.5, 0.6) is 0 Å². The van der Waals surface area contributed by atoms with Gasteiger partial charge in [-0.15, -0.1) is 0 Å². The molecule has 1 heteroatoms. The lowest BCUT2D eigenvalue weighted by Crippen LogP contribution is -2.28. The molecule has 1 N–H and O–H groups in total. The lowest BCUT2D eigenvalue weighted by molar-refractivity contribution is 0.483. The van der Waals surface area contributed by atoms with Crippen LogP contribution in [-0.4, -0.2) is 6.04 Å². The Morgan fingerprint density at radius 3 is 2.29 bits per heavy atom. The fourth-order valence-corrected chi connectivity index (χ4v) is 2.28. The Labute approximate surface area is 128 Å². The van der Waals surface area contributed by atoms with Crippen molar-refractivity contribution in [1.29, 1.82) is 0 Å². The lowest BCUT2D eigenvalue weighted by Gasteiger charge is -2.15. The van der Waals surface area contributed by atoms with E-state index in [4.69, 9.17) is 0 Å². The van der Waals surface area contributed by atoms with E-state index in [0.717, 1.165) is 24.9 Å². The molecular formula is C20H23N. The van der Waals surface area contributed by atoms with Crippen molar-refractivity contribution in [2.45, 2.75) is 38.8 Å². The number of hydrogen-bond donors (Lipinski definition) is 1. The molecule has 0 fully saturated rings. The minimum atomic E-state index is 0.464. The van der Waals surface area contributed by atoms with Gasteiger partial charge in [-0.25, -0.2) is 0 Å². The van der Waals surface area contributed by atoms with Gasteiger partial charge >= 0.3 is 0 Å². The number of benzene rings is 2. The molecule has 0 amide bonds. The highest BCUT2D eigenvalue weighted by atomic mass is 14.9. The molecule has 2 aromatic carbocycles. The maximum Gasteiger partial charge on any atom is 0.0247 e. The molecule has 0 aromatic heterocycles. The van der Waals surface area contributed by atoms with Crippen LogP contribution >= 0.6 is 0 Å². The summed E-state index contributed by atoms with van der Waals surface area (Å²) in [6.07, 6.45) is 3.24. The third-order valence-corrected chi connectivity index (χ3v) is 3.43. The van der Waals surface area contributed by atoms with Crippen LogP contribution in [0.2, 0.25) is 0 Å². The predicted octanol–water partition coefficient (Wildman–Crippen LogP) is 4.39. The van der Waals surface area contributed by atoms with Gasteiger partial charge in [-0.3, -0.25) is 0 Å². The first-order valence-electron chi connectivity index (χ1n) is 7.69. The number of hydrogen-bond acceptors (Lipinski definition) is 1. The summed E-state index contributed by atoms with van der Waals surface area (Å²) in [6, 6.07) is 21.2. The first-order valence-corrected chi connectivity index (χ1v) is 7.69. The SMILES string of the molecule is CCC[C@@H](CC#Cc1ccccc1)NCc1ccccc1. The van der Waals surface area contributed by atoms with E-state index in [9.17, 15) is 0 Å². The maximum atomic E-state index is 3.62. The second-order valence-corrected chi connectivity index (χ2v) is 5.22. The summed E-state index contributed by atoms with van der Waals surface area (Å²) in [7, 11) is 0. The molecule has 1 nitrogen and oxygen atoms in total. The van der Waals surface area contributed by atoms with Crippen LogP contribution in [0, 0.1) is 11.8 Å². The van der Waals surface area contributed by atoms with Crippen molar-refractivity contribution in [3.05, 3.63) is 71.8 Å². The van der Waals surface area contributed by atoms with E-state index in [1.165, 1.54) is 12.0 Å². The zero-order valence-corrected chi connectivity index (χ0v) is 12.7. The Hall–Kier alpha value is -2.04. The third kappa shape index (κ3) is 5.85. The molecule has 0 spiro atoms. The van der Waals surface area contributed by atoms with Crippen LogP contribution in [0.1, 0.15) is 37.3 Å². The van der Waals surface area contributed by atoms with Crippen molar-refractivity contribution in [3.63, 3.8) is 0 Å². The molecule has 0 saturated carbocycles. The van der Waals surface area contributed by atoms with Crippen LogP contribution in [0.4, 0.5) is 0 Å².